The fourth-order valence-corrected chi connectivity index (χ4v) is 2.71. The Balaban J connectivity index is 0.000000750. The molecule has 76 valence electrons. The summed E-state index contributed by atoms with van der Waals surface area (Å²) in [6.45, 7) is 2.52. The second-order valence-electron chi connectivity index (χ2n) is 4.62. The van der Waals surface area contributed by atoms with Crippen molar-refractivity contribution in [1.82, 2.24) is 5.32 Å². The summed E-state index contributed by atoms with van der Waals surface area (Å²) in [5.41, 5.74) is 2.25. The molecule has 2 fully saturated rings. The Morgan fingerprint density at radius 3 is 2.21 bits per heavy atom. The largest absolute Gasteiger partial charge is 0.316 e. The van der Waals surface area contributed by atoms with Crippen LogP contribution in [-0.4, -0.2) is 13.1 Å². The minimum Gasteiger partial charge on any atom is -0.316 e. The second kappa shape index (κ2) is 3.56. The lowest BCUT2D eigenvalue weighted by molar-refractivity contribution is 0.0363. The fraction of sp³-hybridized carbons (Fsp3) is 0.500. The highest BCUT2D eigenvalue weighted by atomic mass is 35.5. The van der Waals surface area contributed by atoms with Crippen molar-refractivity contribution in [2.45, 2.75) is 18.8 Å². The summed E-state index contributed by atoms with van der Waals surface area (Å²) in [5, 5.41) is 3.38. The van der Waals surface area contributed by atoms with Gasteiger partial charge in [-0.05, 0) is 29.7 Å². The Morgan fingerprint density at radius 1 is 1.07 bits per heavy atom. The molecule has 0 atom stereocenters. The van der Waals surface area contributed by atoms with Gasteiger partial charge < -0.3 is 5.32 Å². The lowest BCUT2D eigenvalue weighted by Gasteiger charge is -2.54. The predicted molar refractivity (Wildman–Crippen MR) is 61.0 cm³/mol. The van der Waals surface area contributed by atoms with Gasteiger partial charge in [-0.2, -0.15) is 0 Å². The van der Waals surface area contributed by atoms with Gasteiger partial charge in [-0.15, -0.1) is 12.4 Å². The van der Waals surface area contributed by atoms with Gasteiger partial charge in [0.25, 0.3) is 0 Å². The molecule has 14 heavy (non-hydrogen) atoms. The highest BCUT2D eigenvalue weighted by Gasteiger charge is 2.48. The fourth-order valence-electron chi connectivity index (χ4n) is 2.71. The van der Waals surface area contributed by atoms with Gasteiger partial charge >= 0.3 is 0 Å². The molecule has 1 aliphatic heterocycles. The number of hydrogen-bond acceptors (Lipinski definition) is 1. The van der Waals surface area contributed by atoms with E-state index in [1.807, 2.05) is 0 Å². The van der Waals surface area contributed by atoms with Crippen LogP contribution in [0.4, 0.5) is 0 Å². The maximum Gasteiger partial charge on any atom is 0.00207 e. The number of nitrogens with one attached hydrogen (secondary N) is 1. The van der Waals surface area contributed by atoms with Crippen molar-refractivity contribution < 1.29 is 0 Å². The van der Waals surface area contributed by atoms with Crippen LogP contribution in [0.15, 0.2) is 30.3 Å². The van der Waals surface area contributed by atoms with Crippen LogP contribution in [0.25, 0.3) is 0 Å². The van der Waals surface area contributed by atoms with Crippen molar-refractivity contribution in [2.75, 3.05) is 13.1 Å². The van der Waals surface area contributed by atoms with E-state index in [9.17, 15) is 0 Å². The summed E-state index contributed by atoms with van der Waals surface area (Å²) >= 11 is 0. The van der Waals surface area contributed by atoms with Gasteiger partial charge in [0.05, 0.1) is 0 Å². The van der Waals surface area contributed by atoms with Crippen molar-refractivity contribution >= 4 is 12.4 Å². The summed E-state index contributed by atoms with van der Waals surface area (Å²) in [5.74, 6) is 0.850. The molecule has 0 amide bonds. The molecule has 1 nitrogen and oxygen atoms in total. The zero-order valence-corrected chi connectivity index (χ0v) is 9.02. The summed E-state index contributed by atoms with van der Waals surface area (Å²) in [6.07, 6.45) is 2.81. The minimum absolute atomic E-state index is 0. The Hall–Kier alpha value is -0.530. The monoisotopic (exact) mass is 209 g/mol. The van der Waals surface area contributed by atoms with Gasteiger partial charge in [0, 0.05) is 13.1 Å². The molecule has 1 aliphatic carbocycles. The normalized spacial score (nSPS) is 23.4. The van der Waals surface area contributed by atoms with Crippen molar-refractivity contribution in [3.8, 4) is 0 Å². The average Bonchev–Trinajstić information content (AvgIpc) is 2.01. The van der Waals surface area contributed by atoms with E-state index in [2.05, 4.69) is 35.6 Å². The van der Waals surface area contributed by atoms with Gasteiger partial charge in [-0.3, -0.25) is 0 Å². The zero-order chi connectivity index (χ0) is 8.73. The van der Waals surface area contributed by atoms with E-state index in [0.29, 0.717) is 5.41 Å². The maximum atomic E-state index is 3.38. The van der Waals surface area contributed by atoms with Crippen LogP contribution in [0.1, 0.15) is 24.3 Å². The third kappa shape index (κ3) is 1.45. The van der Waals surface area contributed by atoms with Crippen LogP contribution in [-0.2, 0) is 0 Å². The highest BCUT2D eigenvalue weighted by molar-refractivity contribution is 5.85. The zero-order valence-electron chi connectivity index (χ0n) is 8.20. The van der Waals surface area contributed by atoms with Crippen molar-refractivity contribution in [3.63, 3.8) is 0 Å². The first-order chi connectivity index (χ1) is 6.38. The van der Waals surface area contributed by atoms with E-state index in [0.717, 1.165) is 5.92 Å². The van der Waals surface area contributed by atoms with Crippen LogP contribution in [0, 0.1) is 5.41 Å². The predicted octanol–water partition coefficient (Wildman–Crippen LogP) is 2.58. The molecule has 1 saturated heterocycles. The quantitative estimate of drug-likeness (QED) is 0.750. The van der Waals surface area contributed by atoms with Crippen LogP contribution in [0.5, 0.6) is 0 Å². The van der Waals surface area contributed by atoms with Crippen LogP contribution in [0.3, 0.4) is 0 Å². The molecular formula is C12H16ClN. The van der Waals surface area contributed by atoms with E-state index in [-0.39, 0.29) is 12.4 Å². The molecule has 1 N–H and O–H groups in total. The summed E-state index contributed by atoms with van der Waals surface area (Å²) in [7, 11) is 0. The summed E-state index contributed by atoms with van der Waals surface area (Å²) in [4.78, 5) is 0. The van der Waals surface area contributed by atoms with E-state index >= 15 is 0 Å². The molecule has 1 aromatic rings. The Labute approximate surface area is 91.3 Å². The van der Waals surface area contributed by atoms with E-state index < -0.39 is 0 Å². The minimum atomic E-state index is 0. The van der Waals surface area contributed by atoms with Gasteiger partial charge in [-0.1, -0.05) is 30.3 Å². The molecule has 0 unspecified atom stereocenters. The molecule has 0 radical (unpaired) electrons. The van der Waals surface area contributed by atoms with E-state index in [1.54, 1.807) is 5.56 Å². The lowest BCUT2D eigenvalue weighted by Crippen LogP contribution is -2.59. The van der Waals surface area contributed by atoms with Gasteiger partial charge in [0.2, 0.25) is 0 Å². The summed E-state index contributed by atoms with van der Waals surface area (Å²) < 4.78 is 0. The number of rotatable bonds is 1. The Kier molecular flexibility index (Phi) is 2.54. The molecule has 3 rings (SSSR count). The van der Waals surface area contributed by atoms with Gasteiger partial charge in [0.1, 0.15) is 0 Å². The topological polar surface area (TPSA) is 12.0 Å². The SMILES string of the molecule is Cl.c1ccc(C2CC3(CNC3)C2)cc1. The molecular weight excluding hydrogens is 194 g/mol. The molecule has 1 aromatic carbocycles. The third-order valence-electron chi connectivity index (χ3n) is 3.63. The maximum absolute atomic E-state index is 3.38. The lowest BCUT2D eigenvalue weighted by atomic mass is 9.57. The Morgan fingerprint density at radius 2 is 1.71 bits per heavy atom. The second-order valence-corrected chi connectivity index (χ2v) is 4.62. The number of benzene rings is 1. The van der Waals surface area contributed by atoms with E-state index in [4.69, 9.17) is 0 Å². The average molecular weight is 210 g/mol. The van der Waals surface area contributed by atoms with Crippen molar-refractivity contribution in [3.05, 3.63) is 35.9 Å². The first-order valence-corrected chi connectivity index (χ1v) is 5.14. The van der Waals surface area contributed by atoms with Crippen LogP contribution < -0.4 is 5.32 Å². The van der Waals surface area contributed by atoms with Crippen LogP contribution >= 0.6 is 12.4 Å². The number of halogens is 1. The summed E-state index contributed by atoms with van der Waals surface area (Å²) in [6, 6.07) is 10.9. The first kappa shape index (κ1) is 10.0. The molecule has 0 aromatic heterocycles. The van der Waals surface area contributed by atoms with Crippen molar-refractivity contribution in [1.29, 1.82) is 0 Å². The standard InChI is InChI=1S/C12H15N.ClH/c1-2-4-10(5-3-1)11-6-12(7-11)8-13-9-12;/h1-5,11,13H,6-9H2;1H. The molecule has 1 heterocycles. The number of hydrogen-bond donors (Lipinski definition) is 1. The molecule has 1 spiro atoms. The molecule has 2 heteroatoms. The molecule has 0 bridgehead atoms. The molecule has 1 saturated carbocycles. The van der Waals surface area contributed by atoms with E-state index in [1.165, 1.54) is 25.9 Å². The highest BCUT2D eigenvalue weighted by Crippen LogP contribution is 2.52. The van der Waals surface area contributed by atoms with Gasteiger partial charge in [0.15, 0.2) is 0 Å². The first-order valence-electron chi connectivity index (χ1n) is 5.14. The van der Waals surface area contributed by atoms with Gasteiger partial charge in [-0.25, -0.2) is 0 Å². The Bertz CT molecular complexity index is 297. The smallest absolute Gasteiger partial charge is 0.00207 e. The third-order valence-corrected chi connectivity index (χ3v) is 3.63. The van der Waals surface area contributed by atoms with Crippen molar-refractivity contribution in [2.24, 2.45) is 5.41 Å². The molecule has 2 aliphatic rings. The van der Waals surface area contributed by atoms with Crippen LogP contribution in [0.2, 0.25) is 0 Å².